The maximum Gasteiger partial charge on any atom is 0.286 e. The Balaban J connectivity index is 1.88. The summed E-state index contributed by atoms with van der Waals surface area (Å²) in [6, 6.07) is 12.6. The van der Waals surface area contributed by atoms with E-state index in [1.807, 2.05) is 29.7 Å². The van der Waals surface area contributed by atoms with Crippen LogP contribution < -0.4 is 14.3 Å². The number of amides is 1. The number of carbonyl (C=O) groups excluding carboxylic acids is 1. The van der Waals surface area contributed by atoms with Crippen LogP contribution in [0.15, 0.2) is 47.5 Å². The van der Waals surface area contributed by atoms with Gasteiger partial charge >= 0.3 is 0 Å². The molecule has 0 unspecified atom stereocenters. The Morgan fingerprint density at radius 2 is 2.00 bits per heavy atom. The molecule has 3 aromatic rings. The highest BCUT2D eigenvalue weighted by atomic mass is 35.5. The van der Waals surface area contributed by atoms with E-state index in [1.165, 1.54) is 11.3 Å². The van der Waals surface area contributed by atoms with Crippen molar-refractivity contribution in [2.75, 3.05) is 26.9 Å². The van der Waals surface area contributed by atoms with Crippen molar-refractivity contribution in [3.05, 3.63) is 52.3 Å². The Labute approximate surface area is 171 Å². The molecule has 8 heteroatoms. The fraction of sp³-hybridized carbons (Fsp3) is 0.300. The van der Waals surface area contributed by atoms with E-state index in [-0.39, 0.29) is 12.5 Å². The van der Waals surface area contributed by atoms with Crippen LogP contribution in [0.25, 0.3) is 10.2 Å². The molecule has 0 spiro atoms. The molecule has 0 aliphatic rings. The van der Waals surface area contributed by atoms with Gasteiger partial charge in [-0.25, -0.2) is 0 Å². The monoisotopic (exact) mass is 420 g/mol. The predicted molar refractivity (Wildman–Crippen MR) is 110 cm³/mol. The molecule has 2 aromatic carbocycles. The zero-order chi connectivity index (χ0) is 19.9. The summed E-state index contributed by atoms with van der Waals surface area (Å²) < 4.78 is 19.4. The van der Waals surface area contributed by atoms with Gasteiger partial charge < -0.3 is 18.8 Å². The topological polar surface area (TPSA) is 62.1 Å². The van der Waals surface area contributed by atoms with Crippen molar-refractivity contribution in [2.24, 2.45) is 4.99 Å². The minimum absolute atomic E-state index is 0.154. The van der Waals surface area contributed by atoms with Crippen molar-refractivity contribution < 1.29 is 19.0 Å². The van der Waals surface area contributed by atoms with Gasteiger partial charge in [-0.1, -0.05) is 29.0 Å². The Morgan fingerprint density at radius 1 is 1.21 bits per heavy atom. The molecule has 0 fully saturated rings. The molecular weight excluding hydrogens is 400 g/mol. The first-order valence-corrected chi connectivity index (χ1v) is 10.0. The summed E-state index contributed by atoms with van der Waals surface area (Å²) in [5.74, 6) is 0.928. The van der Waals surface area contributed by atoms with Crippen molar-refractivity contribution in [3.8, 4) is 11.5 Å². The highest BCUT2D eigenvalue weighted by Crippen LogP contribution is 2.27. The largest absolute Gasteiger partial charge is 0.495 e. The second-order valence-electron chi connectivity index (χ2n) is 5.79. The first kappa shape index (κ1) is 20.4. The number of nitrogens with zero attached hydrogens (tertiary/aromatic N) is 2. The quantitative estimate of drug-likeness (QED) is 0.518. The van der Waals surface area contributed by atoms with Crippen LogP contribution in [0.2, 0.25) is 5.02 Å². The van der Waals surface area contributed by atoms with Gasteiger partial charge in [0.15, 0.2) is 11.4 Å². The van der Waals surface area contributed by atoms with Crippen LogP contribution in [0.4, 0.5) is 0 Å². The predicted octanol–water partition coefficient (Wildman–Crippen LogP) is 3.91. The molecular formula is C20H21ClN2O4S. The van der Waals surface area contributed by atoms with E-state index in [0.717, 1.165) is 16.0 Å². The molecule has 0 radical (unpaired) electrons. The number of thiazole rings is 1. The van der Waals surface area contributed by atoms with Crippen molar-refractivity contribution in [2.45, 2.75) is 13.5 Å². The number of methoxy groups -OCH3 is 1. The van der Waals surface area contributed by atoms with Crippen LogP contribution in [0.5, 0.6) is 11.5 Å². The minimum Gasteiger partial charge on any atom is -0.495 e. The molecule has 1 aromatic heterocycles. The molecule has 0 N–H and O–H groups in total. The number of fused-ring (bicyclic) bond motifs is 1. The fourth-order valence-electron chi connectivity index (χ4n) is 2.67. The summed E-state index contributed by atoms with van der Waals surface area (Å²) in [7, 11) is 1.63. The molecule has 1 heterocycles. The molecule has 0 aliphatic heterocycles. The zero-order valence-electron chi connectivity index (χ0n) is 15.7. The highest BCUT2D eigenvalue weighted by molar-refractivity contribution is 7.16. The maximum absolute atomic E-state index is 12.4. The van der Waals surface area contributed by atoms with E-state index in [9.17, 15) is 4.79 Å². The van der Waals surface area contributed by atoms with Crippen LogP contribution in [-0.4, -0.2) is 37.4 Å². The van der Waals surface area contributed by atoms with E-state index < -0.39 is 0 Å². The van der Waals surface area contributed by atoms with Gasteiger partial charge in [-0.05, 0) is 43.3 Å². The Bertz CT molecular complexity index is 1010. The van der Waals surface area contributed by atoms with Gasteiger partial charge in [-0.3, -0.25) is 4.79 Å². The number of carbonyl (C=O) groups is 1. The summed E-state index contributed by atoms with van der Waals surface area (Å²) >= 11 is 7.28. The van der Waals surface area contributed by atoms with Crippen LogP contribution >= 0.6 is 22.9 Å². The third-order valence-electron chi connectivity index (χ3n) is 3.94. The van der Waals surface area contributed by atoms with Crippen LogP contribution in [0, 0.1) is 0 Å². The van der Waals surface area contributed by atoms with E-state index in [1.54, 1.807) is 31.4 Å². The summed E-state index contributed by atoms with van der Waals surface area (Å²) in [6.45, 7) is 3.50. The number of hydrogen-bond donors (Lipinski definition) is 0. The highest BCUT2D eigenvalue weighted by Gasteiger charge is 2.12. The Kier molecular flexibility index (Phi) is 7.08. The molecule has 0 atom stereocenters. The van der Waals surface area contributed by atoms with Gasteiger partial charge in [0.05, 0.1) is 18.4 Å². The number of benzene rings is 2. The number of hydrogen-bond acceptors (Lipinski definition) is 5. The first-order chi connectivity index (χ1) is 13.6. The molecule has 0 aliphatic carbocycles. The second kappa shape index (κ2) is 9.73. The van der Waals surface area contributed by atoms with Crippen molar-refractivity contribution in [1.29, 1.82) is 0 Å². The number of aromatic nitrogens is 1. The summed E-state index contributed by atoms with van der Waals surface area (Å²) in [6.07, 6.45) is 0. The van der Waals surface area contributed by atoms with Crippen molar-refractivity contribution in [1.82, 2.24) is 4.57 Å². The number of rotatable bonds is 8. The van der Waals surface area contributed by atoms with E-state index in [4.69, 9.17) is 25.8 Å². The SMILES string of the molecule is CCOCCn1c(=NC(=O)COc2ccc(Cl)cc2)sc2cccc(OC)c21. The van der Waals surface area contributed by atoms with E-state index >= 15 is 0 Å². The summed E-state index contributed by atoms with van der Waals surface area (Å²) in [5.41, 5.74) is 0.903. The second-order valence-corrected chi connectivity index (χ2v) is 7.23. The molecule has 6 nitrogen and oxygen atoms in total. The fourth-order valence-corrected chi connectivity index (χ4v) is 3.89. The van der Waals surface area contributed by atoms with Crippen molar-refractivity contribution >= 4 is 39.1 Å². The third kappa shape index (κ3) is 4.92. The Morgan fingerprint density at radius 3 is 2.71 bits per heavy atom. The zero-order valence-corrected chi connectivity index (χ0v) is 17.3. The lowest BCUT2D eigenvalue weighted by molar-refractivity contribution is -0.120. The average molecular weight is 421 g/mol. The van der Waals surface area contributed by atoms with Gasteiger partial charge in [0, 0.05) is 18.2 Å². The van der Waals surface area contributed by atoms with Gasteiger partial charge in [0.1, 0.15) is 17.0 Å². The smallest absolute Gasteiger partial charge is 0.286 e. The summed E-state index contributed by atoms with van der Waals surface area (Å²) in [5, 5.41) is 0.609. The molecule has 1 amide bonds. The van der Waals surface area contributed by atoms with Gasteiger partial charge in [-0.15, -0.1) is 0 Å². The average Bonchev–Trinajstić information content (AvgIpc) is 3.05. The van der Waals surface area contributed by atoms with Gasteiger partial charge in [0.2, 0.25) is 0 Å². The lowest BCUT2D eigenvalue weighted by atomic mass is 10.3. The van der Waals surface area contributed by atoms with Crippen molar-refractivity contribution in [3.63, 3.8) is 0 Å². The third-order valence-corrected chi connectivity index (χ3v) is 5.24. The van der Waals surface area contributed by atoms with Crippen LogP contribution in [-0.2, 0) is 16.1 Å². The molecule has 3 rings (SSSR count). The molecule has 0 saturated heterocycles. The Hall–Kier alpha value is -2.35. The lowest BCUT2D eigenvalue weighted by Gasteiger charge is -2.08. The van der Waals surface area contributed by atoms with Crippen LogP contribution in [0.3, 0.4) is 0 Å². The molecule has 28 heavy (non-hydrogen) atoms. The lowest BCUT2D eigenvalue weighted by Crippen LogP contribution is -2.21. The first-order valence-electron chi connectivity index (χ1n) is 8.82. The van der Waals surface area contributed by atoms with E-state index in [0.29, 0.717) is 35.3 Å². The number of para-hydroxylation sites is 1. The van der Waals surface area contributed by atoms with E-state index in [2.05, 4.69) is 4.99 Å². The van der Waals surface area contributed by atoms with Gasteiger partial charge in [-0.2, -0.15) is 4.99 Å². The molecule has 0 bridgehead atoms. The van der Waals surface area contributed by atoms with Gasteiger partial charge in [0.25, 0.3) is 5.91 Å². The normalized spacial score (nSPS) is 11.8. The molecule has 148 valence electrons. The minimum atomic E-state index is -0.370. The molecule has 0 saturated carbocycles. The standard InChI is InChI=1S/C20H21ClN2O4S/c1-3-26-12-11-23-19-16(25-2)5-4-6-17(19)28-20(23)22-18(24)13-27-15-9-7-14(21)8-10-15/h4-10H,3,11-13H2,1-2H3. The van der Waals surface area contributed by atoms with Crippen LogP contribution in [0.1, 0.15) is 6.92 Å². The number of halogens is 1. The summed E-state index contributed by atoms with van der Waals surface area (Å²) in [4.78, 5) is 17.2. The maximum atomic E-state index is 12.4. The number of ether oxygens (including phenoxy) is 3.